The van der Waals surface area contributed by atoms with Crippen LogP contribution in [0.5, 0.6) is 0 Å². The van der Waals surface area contributed by atoms with Gasteiger partial charge in [-0.1, -0.05) is 35.5 Å². The molecule has 1 atom stereocenters. The first kappa shape index (κ1) is 17.6. The van der Waals surface area contributed by atoms with Gasteiger partial charge in [0.25, 0.3) is 5.91 Å². The van der Waals surface area contributed by atoms with Crippen LogP contribution in [0.15, 0.2) is 36.5 Å². The van der Waals surface area contributed by atoms with Crippen LogP contribution in [0.3, 0.4) is 0 Å². The SMILES string of the molecule is CC(c1ccccc1)n1cc(C(=O)NCCCN2CCOCC2)nn1. The van der Waals surface area contributed by atoms with E-state index in [0.29, 0.717) is 12.2 Å². The molecule has 25 heavy (non-hydrogen) atoms. The zero-order valence-electron chi connectivity index (χ0n) is 14.6. The molecular formula is C18H25N5O2. The van der Waals surface area contributed by atoms with Crippen molar-refractivity contribution in [3.63, 3.8) is 0 Å². The number of morpholine rings is 1. The molecule has 0 spiro atoms. The van der Waals surface area contributed by atoms with Gasteiger partial charge in [-0.05, 0) is 25.5 Å². The van der Waals surface area contributed by atoms with Gasteiger partial charge in [0.15, 0.2) is 5.69 Å². The molecule has 3 rings (SSSR count). The zero-order valence-corrected chi connectivity index (χ0v) is 14.6. The van der Waals surface area contributed by atoms with Crippen LogP contribution in [0.25, 0.3) is 0 Å². The van der Waals surface area contributed by atoms with Gasteiger partial charge in [0.1, 0.15) is 0 Å². The number of aromatic nitrogens is 3. The van der Waals surface area contributed by atoms with Crippen LogP contribution in [0.2, 0.25) is 0 Å². The third-order valence-corrected chi connectivity index (χ3v) is 4.46. The Kier molecular flexibility index (Phi) is 6.14. The fourth-order valence-corrected chi connectivity index (χ4v) is 2.87. The molecule has 1 unspecified atom stereocenters. The molecule has 1 N–H and O–H groups in total. The minimum Gasteiger partial charge on any atom is -0.379 e. The molecule has 1 aliphatic heterocycles. The maximum atomic E-state index is 12.2. The summed E-state index contributed by atoms with van der Waals surface area (Å²) in [6.07, 6.45) is 2.62. The smallest absolute Gasteiger partial charge is 0.273 e. The molecule has 1 aromatic carbocycles. The van der Waals surface area contributed by atoms with E-state index in [1.54, 1.807) is 10.9 Å². The lowest BCUT2D eigenvalue weighted by atomic mass is 10.1. The van der Waals surface area contributed by atoms with E-state index in [9.17, 15) is 4.79 Å². The summed E-state index contributed by atoms with van der Waals surface area (Å²) in [6.45, 7) is 7.19. The van der Waals surface area contributed by atoms with Crippen LogP contribution in [0.1, 0.15) is 35.4 Å². The standard InChI is InChI=1S/C18H25N5O2/c1-15(16-6-3-2-4-7-16)23-14-17(20-21-23)18(24)19-8-5-9-22-10-12-25-13-11-22/h2-4,6-7,14-15H,5,8-13H2,1H3,(H,19,24). The molecule has 1 aliphatic rings. The van der Waals surface area contributed by atoms with Crippen LogP contribution in [0, 0.1) is 0 Å². The minimum absolute atomic E-state index is 0.0385. The van der Waals surface area contributed by atoms with Gasteiger partial charge in [-0.3, -0.25) is 9.69 Å². The summed E-state index contributed by atoms with van der Waals surface area (Å²) in [4.78, 5) is 14.6. The van der Waals surface area contributed by atoms with Crippen LogP contribution >= 0.6 is 0 Å². The quantitative estimate of drug-likeness (QED) is 0.768. The van der Waals surface area contributed by atoms with Crippen molar-refractivity contribution in [2.75, 3.05) is 39.4 Å². The average Bonchev–Trinajstić information content (AvgIpc) is 3.16. The fraction of sp³-hybridized carbons (Fsp3) is 0.500. The summed E-state index contributed by atoms with van der Waals surface area (Å²) >= 11 is 0. The number of ether oxygens (including phenoxy) is 1. The number of hydrogen-bond acceptors (Lipinski definition) is 5. The van der Waals surface area contributed by atoms with E-state index in [2.05, 4.69) is 20.5 Å². The normalized spacial score (nSPS) is 16.5. The molecule has 7 heteroatoms. The highest BCUT2D eigenvalue weighted by Gasteiger charge is 2.15. The number of nitrogens with one attached hydrogen (secondary N) is 1. The lowest BCUT2D eigenvalue weighted by molar-refractivity contribution is 0.0374. The number of amides is 1. The zero-order chi connectivity index (χ0) is 17.5. The maximum absolute atomic E-state index is 12.2. The fourth-order valence-electron chi connectivity index (χ4n) is 2.87. The number of hydrogen-bond donors (Lipinski definition) is 1. The molecule has 1 aromatic heterocycles. The average molecular weight is 343 g/mol. The van der Waals surface area contributed by atoms with E-state index in [1.165, 1.54) is 0 Å². The molecule has 1 saturated heterocycles. The van der Waals surface area contributed by atoms with Gasteiger partial charge in [0.2, 0.25) is 0 Å². The Morgan fingerprint density at radius 1 is 1.28 bits per heavy atom. The molecule has 134 valence electrons. The van der Waals surface area contributed by atoms with Crippen molar-refractivity contribution in [2.45, 2.75) is 19.4 Å². The molecule has 0 aliphatic carbocycles. The molecule has 1 amide bonds. The molecule has 0 radical (unpaired) electrons. The largest absolute Gasteiger partial charge is 0.379 e. The van der Waals surface area contributed by atoms with E-state index in [4.69, 9.17) is 4.74 Å². The van der Waals surface area contributed by atoms with Gasteiger partial charge in [0, 0.05) is 19.6 Å². The highest BCUT2D eigenvalue weighted by Crippen LogP contribution is 2.16. The van der Waals surface area contributed by atoms with Crippen molar-refractivity contribution >= 4 is 5.91 Å². The van der Waals surface area contributed by atoms with Gasteiger partial charge in [-0.2, -0.15) is 0 Å². The van der Waals surface area contributed by atoms with Gasteiger partial charge in [-0.25, -0.2) is 4.68 Å². The Morgan fingerprint density at radius 2 is 2.04 bits per heavy atom. The van der Waals surface area contributed by atoms with Crippen molar-refractivity contribution < 1.29 is 9.53 Å². The summed E-state index contributed by atoms with van der Waals surface area (Å²) in [5, 5.41) is 11.0. The molecule has 1 fully saturated rings. The number of carbonyl (C=O) groups is 1. The van der Waals surface area contributed by atoms with Gasteiger partial charge >= 0.3 is 0 Å². The summed E-state index contributed by atoms with van der Waals surface area (Å²) in [5.74, 6) is -0.173. The number of benzene rings is 1. The van der Waals surface area contributed by atoms with Crippen molar-refractivity contribution in [1.82, 2.24) is 25.2 Å². The van der Waals surface area contributed by atoms with E-state index in [-0.39, 0.29) is 11.9 Å². The van der Waals surface area contributed by atoms with Gasteiger partial charge in [-0.15, -0.1) is 5.10 Å². The van der Waals surface area contributed by atoms with Crippen molar-refractivity contribution in [2.24, 2.45) is 0 Å². The Labute approximate surface area is 148 Å². The summed E-state index contributed by atoms with van der Waals surface area (Å²) in [7, 11) is 0. The van der Waals surface area contributed by atoms with E-state index in [0.717, 1.165) is 44.8 Å². The highest BCUT2D eigenvalue weighted by molar-refractivity contribution is 5.91. The Hall–Kier alpha value is -2.25. The lowest BCUT2D eigenvalue weighted by Crippen LogP contribution is -2.38. The first-order chi connectivity index (χ1) is 12.2. The van der Waals surface area contributed by atoms with E-state index in [1.807, 2.05) is 37.3 Å². The molecule has 7 nitrogen and oxygen atoms in total. The van der Waals surface area contributed by atoms with Crippen LogP contribution in [-0.2, 0) is 4.74 Å². The number of nitrogens with zero attached hydrogens (tertiary/aromatic N) is 4. The molecule has 0 bridgehead atoms. The van der Waals surface area contributed by atoms with Crippen LogP contribution < -0.4 is 5.32 Å². The summed E-state index contributed by atoms with van der Waals surface area (Å²) in [5.41, 5.74) is 1.49. The first-order valence-electron chi connectivity index (χ1n) is 8.79. The van der Waals surface area contributed by atoms with Crippen LogP contribution in [0.4, 0.5) is 0 Å². The number of rotatable bonds is 7. The van der Waals surface area contributed by atoms with Gasteiger partial charge < -0.3 is 10.1 Å². The monoisotopic (exact) mass is 343 g/mol. The van der Waals surface area contributed by atoms with Crippen LogP contribution in [-0.4, -0.2) is 65.2 Å². The molecule has 0 saturated carbocycles. The Morgan fingerprint density at radius 3 is 2.80 bits per heavy atom. The lowest BCUT2D eigenvalue weighted by Gasteiger charge is -2.26. The van der Waals surface area contributed by atoms with Crippen molar-refractivity contribution in [3.05, 3.63) is 47.8 Å². The van der Waals surface area contributed by atoms with Crippen molar-refractivity contribution in [1.29, 1.82) is 0 Å². The van der Waals surface area contributed by atoms with E-state index >= 15 is 0 Å². The Bertz CT molecular complexity index is 667. The predicted octanol–water partition coefficient (Wildman–Crippen LogP) is 1.34. The minimum atomic E-state index is -0.173. The number of carbonyl (C=O) groups excluding carboxylic acids is 1. The molecular weight excluding hydrogens is 318 g/mol. The van der Waals surface area contributed by atoms with Gasteiger partial charge in [0.05, 0.1) is 25.5 Å². The summed E-state index contributed by atoms with van der Waals surface area (Å²) < 4.78 is 7.05. The maximum Gasteiger partial charge on any atom is 0.273 e. The summed E-state index contributed by atoms with van der Waals surface area (Å²) in [6, 6.07) is 10.1. The topological polar surface area (TPSA) is 72.3 Å². The second kappa shape index (κ2) is 8.73. The molecule has 2 heterocycles. The second-order valence-corrected chi connectivity index (χ2v) is 6.23. The predicted molar refractivity (Wildman–Crippen MR) is 94.5 cm³/mol. The highest BCUT2D eigenvalue weighted by atomic mass is 16.5. The molecule has 2 aromatic rings. The third-order valence-electron chi connectivity index (χ3n) is 4.46. The second-order valence-electron chi connectivity index (χ2n) is 6.23. The third kappa shape index (κ3) is 4.87. The Balaban J connectivity index is 1.45. The van der Waals surface area contributed by atoms with E-state index < -0.39 is 0 Å². The first-order valence-corrected chi connectivity index (χ1v) is 8.79. The van der Waals surface area contributed by atoms with Crippen molar-refractivity contribution in [3.8, 4) is 0 Å².